The number of aliphatic hydroxyl groups is 1. The number of aliphatic carboxylic acids is 1. The Balaban J connectivity index is 3.47. The van der Waals surface area contributed by atoms with E-state index >= 15 is 0 Å². The second-order valence-electron chi connectivity index (χ2n) is 3.36. The summed E-state index contributed by atoms with van der Waals surface area (Å²) in [5.41, 5.74) is 0. The first-order valence-electron chi connectivity index (χ1n) is 4.33. The molecule has 0 saturated heterocycles. The molecule has 13 heavy (non-hydrogen) atoms. The van der Waals surface area contributed by atoms with Crippen molar-refractivity contribution in [3.63, 3.8) is 0 Å². The van der Waals surface area contributed by atoms with E-state index in [9.17, 15) is 9.90 Å². The number of carboxylic acids is 1. The van der Waals surface area contributed by atoms with Crippen LogP contribution in [-0.4, -0.2) is 28.8 Å². The molecule has 0 spiro atoms. The van der Waals surface area contributed by atoms with Gasteiger partial charge >= 0.3 is 5.97 Å². The zero-order valence-corrected chi connectivity index (χ0v) is 8.03. The minimum Gasteiger partial charge on any atom is -0.478 e. The molecule has 0 aromatic heterocycles. The van der Waals surface area contributed by atoms with Crippen LogP contribution < -0.4 is 5.32 Å². The van der Waals surface area contributed by atoms with E-state index in [2.05, 4.69) is 5.32 Å². The lowest BCUT2D eigenvalue weighted by atomic mass is 10.1. The van der Waals surface area contributed by atoms with Crippen molar-refractivity contribution in [3.05, 3.63) is 12.3 Å². The fourth-order valence-electron chi connectivity index (χ4n) is 0.962. The molecule has 0 aromatic rings. The van der Waals surface area contributed by atoms with Gasteiger partial charge in [-0.25, -0.2) is 4.79 Å². The zero-order chi connectivity index (χ0) is 10.3. The molecule has 0 aromatic carbocycles. The average molecular weight is 187 g/mol. The number of carboxylic acid groups (broad SMARTS) is 1. The summed E-state index contributed by atoms with van der Waals surface area (Å²) < 4.78 is 0. The molecular formula is C9H17NO3. The van der Waals surface area contributed by atoms with Crippen LogP contribution in [0.4, 0.5) is 0 Å². The summed E-state index contributed by atoms with van der Waals surface area (Å²) in [6, 6.07) is 0. The monoisotopic (exact) mass is 187 g/mol. The molecule has 0 radical (unpaired) electrons. The maximum atomic E-state index is 10.0. The second-order valence-corrected chi connectivity index (χ2v) is 3.36. The van der Waals surface area contributed by atoms with Gasteiger partial charge in [0.05, 0.1) is 6.10 Å². The highest BCUT2D eigenvalue weighted by molar-refractivity contribution is 5.79. The third-order valence-electron chi connectivity index (χ3n) is 1.44. The van der Waals surface area contributed by atoms with Gasteiger partial charge in [0.2, 0.25) is 0 Å². The van der Waals surface area contributed by atoms with E-state index in [-0.39, 0.29) is 0 Å². The van der Waals surface area contributed by atoms with Crippen LogP contribution in [0.15, 0.2) is 12.3 Å². The number of carbonyl (C=O) groups is 1. The molecular weight excluding hydrogens is 170 g/mol. The van der Waals surface area contributed by atoms with Crippen LogP contribution in [0, 0.1) is 5.92 Å². The van der Waals surface area contributed by atoms with Crippen LogP contribution in [0.1, 0.15) is 20.3 Å². The Bertz CT molecular complexity index is 178. The van der Waals surface area contributed by atoms with E-state index in [0.717, 1.165) is 6.08 Å². The van der Waals surface area contributed by atoms with Crippen molar-refractivity contribution >= 4 is 5.97 Å². The molecule has 0 bridgehead atoms. The Hall–Kier alpha value is -1.03. The van der Waals surface area contributed by atoms with Gasteiger partial charge < -0.3 is 15.5 Å². The molecule has 0 amide bonds. The fourth-order valence-corrected chi connectivity index (χ4v) is 0.962. The Labute approximate surface area is 78.3 Å². The van der Waals surface area contributed by atoms with E-state index in [4.69, 9.17) is 5.11 Å². The minimum absolute atomic E-state index is 0.391. The minimum atomic E-state index is -0.995. The van der Waals surface area contributed by atoms with Gasteiger partial charge in [0, 0.05) is 18.8 Å². The Morgan fingerprint density at radius 2 is 2.15 bits per heavy atom. The van der Waals surface area contributed by atoms with Crippen molar-refractivity contribution in [3.8, 4) is 0 Å². The molecule has 76 valence electrons. The topological polar surface area (TPSA) is 69.6 Å². The van der Waals surface area contributed by atoms with Gasteiger partial charge in [-0.15, -0.1) is 0 Å². The molecule has 0 aliphatic rings. The molecule has 4 nitrogen and oxygen atoms in total. The van der Waals surface area contributed by atoms with Gasteiger partial charge in [-0.2, -0.15) is 0 Å². The first kappa shape index (κ1) is 12.0. The quantitative estimate of drug-likeness (QED) is 0.532. The summed E-state index contributed by atoms with van der Waals surface area (Å²) in [7, 11) is 0. The number of aliphatic hydroxyl groups excluding tert-OH is 1. The SMILES string of the molecule is CC(C)CC(O)CN/C=C/C(=O)O. The molecule has 0 aliphatic heterocycles. The number of hydrogen-bond acceptors (Lipinski definition) is 3. The second kappa shape index (κ2) is 6.48. The molecule has 4 heteroatoms. The van der Waals surface area contributed by atoms with E-state index in [1.807, 2.05) is 13.8 Å². The van der Waals surface area contributed by atoms with Crippen LogP contribution >= 0.6 is 0 Å². The maximum absolute atomic E-state index is 10.0. The van der Waals surface area contributed by atoms with Gasteiger partial charge in [0.25, 0.3) is 0 Å². The van der Waals surface area contributed by atoms with Crippen LogP contribution in [0.3, 0.4) is 0 Å². The molecule has 1 unspecified atom stereocenters. The molecule has 3 N–H and O–H groups in total. The van der Waals surface area contributed by atoms with E-state index in [0.29, 0.717) is 18.9 Å². The first-order valence-corrected chi connectivity index (χ1v) is 4.33. The molecule has 0 aliphatic carbocycles. The van der Waals surface area contributed by atoms with Gasteiger partial charge in [-0.1, -0.05) is 13.8 Å². The van der Waals surface area contributed by atoms with Crippen LogP contribution in [0.2, 0.25) is 0 Å². The third kappa shape index (κ3) is 8.88. The van der Waals surface area contributed by atoms with E-state index in [1.165, 1.54) is 6.20 Å². The highest BCUT2D eigenvalue weighted by atomic mass is 16.4. The largest absolute Gasteiger partial charge is 0.478 e. The fraction of sp³-hybridized carbons (Fsp3) is 0.667. The molecule has 1 atom stereocenters. The van der Waals surface area contributed by atoms with Crippen LogP contribution in [0.25, 0.3) is 0 Å². The molecule has 0 saturated carbocycles. The standard InChI is InChI=1S/C9H17NO3/c1-7(2)5-8(11)6-10-4-3-9(12)13/h3-4,7-8,10-11H,5-6H2,1-2H3,(H,12,13)/b4-3+. The summed E-state index contributed by atoms with van der Waals surface area (Å²) >= 11 is 0. The Morgan fingerprint density at radius 1 is 1.54 bits per heavy atom. The lowest BCUT2D eigenvalue weighted by Gasteiger charge is -2.12. The number of nitrogens with one attached hydrogen (secondary N) is 1. The van der Waals surface area contributed by atoms with Gasteiger partial charge in [0.1, 0.15) is 0 Å². The highest BCUT2D eigenvalue weighted by Crippen LogP contribution is 2.02. The van der Waals surface area contributed by atoms with Crippen molar-refractivity contribution < 1.29 is 15.0 Å². The Morgan fingerprint density at radius 3 is 2.62 bits per heavy atom. The van der Waals surface area contributed by atoms with Crippen molar-refractivity contribution in [2.24, 2.45) is 5.92 Å². The highest BCUT2D eigenvalue weighted by Gasteiger charge is 2.04. The van der Waals surface area contributed by atoms with Crippen molar-refractivity contribution in [1.82, 2.24) is 5.32 Å². The summed E-state index contributed by atoms with van der Waals surface area (Å²) in [5.74, 6) is -0.550. The van der Waals surface area contributed by atoms with Gasteiger partial charge in [0.15, 0.2) is 0 Å². The zero-order valence-electron chi connectivity index (χ0n) is 8.03. The van der Waals surface area contributed by atoms with E-state index in [1.54, 1.807) is 0 Å². The predicted molar refractivity (Wildman–Crippen MR) is 50.2 cm³/mol. The summed E-state index contributed by atoms with van der Waals surface area (Å²) in [6.07, 6.45) is 2.63. The molecule has 0 rings (SSSR count). The lowest BCUT2D eigenvalue weighted by Crippen LogP contribution is -2.24. The summed E-state index contributed by atoms with van der Waals surface area (Å²) in [4.78, 5) is 10.0. The van der Waals surface area contributed by atoms with Gasteiger partial charge in [-0.05, 0) is 12.3 Å². The average Bonchev–Trinajstić information content (AvgIpc) is 1.96. The smallest absolute Gasteiger partial charge is 0.329 e. The van der Waals surface area contributed by atoms with Crippen LogP contribution in [-0.2, 0) is 4.79 Å². The third-order valence-corrected chi connectivity index (χ3v) is 1.44. The van der Waals surface area contributed by atoms with E-state index < -0.39 is 12.1 Å². The van der Waals surface area contributed by atoms with Gasteiger partial charge in [-0.3, -0.25) is 0 Å². The molecule has 0 heterocycles. The van der Waals surface area contributed by atoms with Crippen molar-refractivity contribution in [1.29, 1.82) is 0 Å². The first-order chi connectivity index (χ1) is 6.02. The summed E-state index contributed by atoms with van der Waals surface area (Å²) in [5, 5.41) is 20.3. The molecule has 0 fully saturated rings. The number of hydrogen-bond donors (Lipinski definition) is 3. The van der Waals surface area contributed by atoms with Crippen LogP contribution in [0.5, 0.6) is 0 Å². The lowest BCUT2D eigenvalue weighted by molar-refractivity contribution is -0.131. The van der Waals surface area contributed by atoms with Crippen molar-refractivity contribution in [2.45, 2.75) is 26.4 Å². The predicted octanol–water partition coefficient (Wildman–Crippen LogP) is 0.581. The normalized spacial score (nSPS) is 13.5. The summed E-state index contributed by atoms with van der Waals surface area (Å²) in [6.45, 7) is 4.44. The number of rotatable bonds is 6. The Kier molecular flexibility index (Phi) is 5.97. The van der Waals surface area contributed by atoms with Crippen molar-refractivity contribution in [2.75, 3.05) is 6.54 Å². The maximum Gasteiger partial charge on any atom is 0.329 e.